The molecule has 0 aliphatic carbocycles. The molecule has 19 heavy (non-hydrogen) atoms. The summed E-state index contributed by atoms with van der Waals surface area (Å²) in [6.45, 7) is 7.09. The summed E-state index contributed by atoms with van der Waals surface area (Å²) in [7, 11) is -3.03. The van der Waals surface area contributed by atoms with Crippen molar-refractivity contribution in [1.29, 1.82) is 0 Å². The normalized spacial score (nSPS) is 14.3. The first-order valence-corrected chi connectivity index (χ1v) is 9.14. The van der Waals surface area contributed by atoms with Gasteiger partial charge in [0.15, 0.2) is 9.84 Å². The Labute approximate surface area is 119 Å². The Kier molecular flexibility index (Phi) is 5.91. The number of rotatable bonds is 7. The van der Waals surface area contributed by atoms with Gasteiger partial charge >= 0.3 is 0 Å². The Morgan fingerprint density at radius 2 is 2.05 bits per heavy atom. The van der Waals surface area contributed by atoms with Gasteiger partial charge in [0.1, 0.15) is 10.8 Å². The molecule has 0 saturated carbocycles. The van der Waals surface area contributed by atoms with Crippen molar-refractivity contribution in [2.45, 2.75) is 45.2 Å². The third-order valence-electron chi connectivity index (χ3n) is 2.58. The van der Waals surface area contributed by atoms with Crippen LogP contribution in [0.2, 0.25) is 0 Å². The van der Waals surface area contributed by atoms with Crippen LogP contribution in [0.5, 0.6) is 0 Å². The highest BCUT2D eigenvalue weighted by molar-refractivity contribution is 7.90. The summed E-state index contributed by atoms with van der Waals surface area (Å²) in [6, 6.07) is 0.301. The Hall–Kier alpha value is -0.500. The zero-order valence-electron chi connectivity index (χ0n) is 11.8. The second-order valence-corrected chi connectivity index (χ2v) is 8.26. The summed E-state index contributed by atoms with van der Waals surface area (Å²) >= 11 is 1.37. The van der Waals surface area contributed by atoms with Crippen molar-refractivity contribution in [2.24, 2.45) is 0 Å². The van der Waals surface area contributed by atoms with E-state index >= 15 is 0 Å². The number of nitrogens with zero attached hydrogens (tertiary/aromatic N) is 2. The van der Waals surface area contributed by atoms with Crippen LogP contribution in [0.3, 0.4) is 0 Å². The van der Waals surface area contributed by atoms with Gasteiger partial charge in [-0.15, -0.1) is 11.3 Å². The monoisotopic (exact) mass is 306 g/mol. The summed E-state index contributed by atoms with van der Waals surface area (Å²) in [4.78, 5) is 6.46. The van der Waals surface area contributed by atoms with E-state index in [-0.39, 0.29) is 5.75 Å². The van der Waals surface area contributed by atoms with Crippen LogP contribution in [-0.2, 0) is 22.1 Å². The lowest BCUT2D eigenvalue weighted by Gasteiger charge is -2.26. The van der Waals surface area contributed by atoms with E-state index in [0.29, 0.717) is 24.1 Å². The number of aliphatic hydroxyl groups is 1. The largest absolute Gasteiger partial charge is 0.392 e. The molecule has 1 rings (SSSR count). The molecule has 0 amide bonds. The van der Waals surface area contributed by atoms with Gasteiger partial charge in [-0.05, 0) is 20.8 Å². The van der Waals surface area contributed by atoms with E-state index in [0.717, 1.165) is 5.69 Å². The number of sulfone groups is 1. The van der Waals surface area contributed by atoms with Gasteiger partial charge < -0.3 is 5.11 Å². The van der Waals surface area contributed by atoms with E-state index in [9.17, 15) is 13.5 Å². The smallest absolute Gasteiger partial charge is 0.153 e. The van der Waals surface area contributed by atoms with Crippen molar-refractivity contribution in [3.05, 3.63) is 16.1 Å². The second-order valence-electron chi connectivity index (χ2n) is 5.17. The van der Waals surface area contributed by atoms with E-state index in [1.807, 2.05) is 5.38 Å². The molecule has 1 aromatic heterocycles. The van der Waals surface area contributed by atoms with Gasteiger partial charge in [0.25, 0.3) is 0 Å². The van der Waals surface area contributed by atoms with Crippen LogP contribution in [0, 0.1) is 0 Å². The van der Waals surface area contributed by atoms with E-state index in [1.54, 1.807) is 6.92 Å². The van der Waals surface area contributed by atoms with Crippen molar-refractivity contribution in [2.75, 3.05) is 12.8 Å². The Morgan fingerprint density at radius 1 is 1.42 bits per heavy atom. The quantitative estimate of drug-likeness (QED) is 0.821. The minimum atomic E-state index is -3.03. The van der Waals surface area contributed by atoms with E-state index in [1.165, 1.54) is 17.6 Å². The first-order chi connectivity index (χ1) is 8.67. The molecule has 0 spiro atoms. The predicted molar refractivity (Wildman–Crippen MR) is 77.9 cm³/mol. The van der Waals surface area contributed by atoms with E-state index in [4.69, 9.17) is 0 Å². The molecule has 1 aromatic rings. The maximum atomic E-state index is 11.2. The van der Waals surface area contributed by atoms with Crippen LogP contribution >= 0.6 is 11.3 Å². The van der Waals surface area contributed by atoms with Crippen LogP contribution in [0.4, 0.5) is 0 Å². The molecule has 1 heterocycles. The summed E-state index contributed by atoms with van der Waals surface area (Å²) < 4.78 is 22.4. The van der Waals surface area contributed by atoms with Crippen molar-refractivity contribution in [3.8, 4) is 0 Å². The van der Waals surface area contributed by atoms with E-state index in [2.05, 4.69) is 23.7 Å². The maximum absolute atomic E-state index is 11.2. The van der Waals surface area contributed by atoms with Crippen LogP contribution in [0.25, 0.3) is 0 Å². The fraction of sp³-hybridized carbons (Fsp3) is 0.750. The highest BCUT2D eigenvalue weighted by Crippen LogP contribution is 2.15. The zero-order chi connectivity index (χ0) is 14.6. The molecule has 0 fully saturated rings. The average Bonchev–Trinajstić information content (AvgIpc) is 2.60. The predicted octanol–water partition coefficient (Wildman–Crippen LogP) is 1.28. The van der Waals surface area contributed by atoms with Gasteiger partial charge in [-0.25, -0.2) is 13.4 Å². The molecule has 5 nitrogen and oxygen atoms in total. The van der Waals surface area contributed by atoms with Crippen molar-refractivity contribution in [1.82, 2.24) is 9.88 Å². The number of thiazole rings is 1. The second kappa shape index (κ2) is 6.78. The lowest BCUT2D eigenvalue weighted by molar-refractivity contribution is 0.102. The Balaban J connectivity index is 2.70. The summed E-state index contributed by atoms with van der Waals surface area (Å²) in [5, 5.41) is 12.0. The highest BCUT2D eigenvalue weighted by Gasteiger charge is 2.15. The van der Waals surface area contributed by atoms with Crippen molar-refractivity contribution in [3.63, 3.8) is 0 Å². The molecule has 1 N–H and O–H groups in total. The van der Waals surface area contributed by atoms with E-state index < -0.39 is 15.9 Å². The zero-order valence-corrected chi connectivity index (χ0v) is 13.5. The molecule has 0 radical (unpaired) electrons. The standard InChI is InChI=1S/C12H22N2O3S2/c1-9(2)14(5-10(3)15)6-11-7-18-12(13-11)8-19(4,16)17/h7,9-10,15H,5-6,8H2,1-4H3. The van der Waals surface area contributed by atoms with Crippen LogP contribution in [0.1, 0.15) is 31.5 Å². The van der Waals surface area contributed by atoms with Gasteiger partial charge in [-0.2, -0.15) is 0 Å². The third kappa shape index (κ3) is 6.47. The average molecular weight is 306 g/mol. The van der Waals surface area contributed by atoms with Gasteiger partial charge in [0, 0.05) is 30.8 Å². The number of hydrogen-bond donors (Lipinski definition) is 1. The molecule has 1 unspecified atom stereocenters. The molecular formula is C12H22N2O3S2. The lowest BCUT2D eigenvalue weighted by atomic mass is 10.2. The molecule has 7 heteroatoms. The molecule has 0 aliphatic heterocycles. The number of hydrogen-bond acceptors (Lipinski definition) is 6. The first kappa shape index (κ1) is 16.6. The van der Waals surface area contributed by atoms with Gasteiger partial charge in [0.2, 0.25) is 0 Å². The molecule has 0 aromatic carbocycles. The Bertz CT molecular complexity index is 495. The fourth-order valence-electron chi connectivity index (χ4n) is 1.72. The molecule has 0 saturated heterocycles. The van der Waals surface area contributed by atoms with Gasteiger partial charge in [-0.3, -0.25) is 4.90 Å². The van der Waals surface area contributed by atoms with Crippen molar-refractivity contribution >= 4 is 21.2 Å². The molecule has 0 aliphatic rings. The molecule has 1 atom stereocenters. The Morgan fingerprint density at radius 3 is 2.53 bits per heavy atom. The maximum Gasteiger partial charge on any atom is 0.153 e. The molecule has 0 bridgehead atoms. The minimum Gasteiger partial charge on any atom is -0.392 e. The third-order valence-corrected chi connectivity index (χ3v) is 4.46. The first-order valence-electron chi connectivity index (χ1n) is 6.20. The van der Waals surface area contributed by atoms with Crippen molar-refractivity contribution < 1.29 is 13.5 Å². The molecular weight excluding hydrogens is 284 g/mol. The number of aliphatic hydroxyl groups excluding tert-OH is 1. The summed E-state index contributed by atoms with van der Waals surface area (Å²) in [5.41, 5.74) is 0.859. The minimum absolute atomic E-state index is 0.00422. The SMILES string of the molecule is CC(O)CN(Cc1csc(CS(C)(=O)=O)n1)C(C)C. The van der Waals surface area contributed by atoms with Gasteiger partial charge in [-0.1, -0.05) is 0 Å². The van der Waals surface area contributed by atoms with Crippen LogP contribution < -0.4 is 0 Å². The lowest BCUT2D eigenvalue weighted by Crippen LogP contribution is -2.36. The highest BCUT2D eigenvalue weighted by atomic mass is 32.2. The topological polar surface area (TPSA) is 70.5 Å². The summed E-state index contributed by atoms with van der Waals surface area (Å²) in [5.74, 6) is -0.00422. The van der Waals surface area contributed by atoms with Gasteiger partial charge in [0.05, 0.1) is 11.8 Å². The number of aromatic nitrogens is 1. The fourth-order valence-corrected chi connectivity index (χ4v) is 3.71. The summed E-state index contributed by atoms with van der Waals surface area (Å²) in [6.07, 6.45) is 0.818. The van der Waals surface area contributed by atoms with Crippen LogP contribution in [-0.4, -0.2) is 48.4 Å². The molecule has 110 valence electrons. The van der Waals surface area contributed by atoms with Crippen LogP contribution in [0.15, 0.2) is 5.38 Å².